The van der Waals surface area contributed by atoms with Crippen LogP contribution >= 0.6 is 7.37 Å². The van der Waals surface area contributed by atoms with Gasteiger partial charge in [-0.25, -0.2) is 0 Å². The Labute approximate surface area is 55.2 Å². The molecule has 0 aliphatic heterocycles. The van der Waals surface area contributed by atoms with E-state index in [4.69, 9.17) is 5.11 Å². The van der Waals surface area contributed by atoms with E-state index in [-0.39, 0.29) is 6.16 Å². The van der Waals surface area contributed by atoms with E-state index in [0.717, 1.165) is 0 Å². The van der Waals surface area contributed by atoms with Crippen LogP contribution in [0.15, 0.2) is 0 Å². The minimum absolute atomic E-state index is 0.0104. The van der Waals surface area contributed by atoms with Gasteiger partial charge in [0, 0.05) is 7.37 Å². The van der Waals surface area contributed by atoms with Crippen LogP contribution in [0.4, 0.5) is 0 Å². The number of hydrogen-bond donors (Lipinski definition) is 1. The van der Waals surface area contributed by atoms with Gasteiger partial charge in [-0.2, -0.15) is 0 Å². The molecule has 0 aromatic carbocycles. The average molecular weight is 151 g/mol. The van der Waals surface area contributed by atoms with Crippen molar-refractivity contribution >= 4 is 7.37 Å². The maximum Gasteiger partial charge on any atom is 0.0990 e. The second-order valence-corrected chi connectivity index (χ2v) is 5.56. The van der Waals surface area contributed by atoms with E-state index in [9.17, 15) is 9.46 Å². The quantitative estimate of drug-likeness (QED) is 0.580. The van der Waals surface area contributed by atoms with Crippen molar-refractivity contribution < 1.29 is 14.6 Å². The van der Waals surface area contributed by atoms with Gasteiger partial charge in [-0.3, -0.25) is 0 Å². The molecule has 0 aromatic rings. The van der Waals surface area contributed by atoms with Gasteiger partial charge >= 0.3 is 0 Å². The van der Waals surface area contributed by atoms with Gasteiger partial charge < -0.3 is 14.6 Å². The molecule has 1 atom stereocenters. The third-order valence-electron chi connectivity index (χ3n) is 1.25. The zero-order chi connectivity index (χ0) is 7.71. The van der Waals surface area contributed by atoms with Crippen molar-refractivity contribution in [3.05, 3.63) is 0 Å². The Morgan fingerprint density at radius 1 is 1.67 bits per heavy atom. The molecule has 1 N–H and O–H groups in total. The summed E-state index contributed by atoms with van der Waals surface area (Å²) in [4.78, 5) is 10.8. The molecule has 0 bridgehead atoms. The maximum absolute atomic E-state index is 10.8. The highest BCUT2D eigenvalue weighted by atomic mass is 31.2. The van der Waals surface area contributed by atoms with Gasteiger partial charge in [0.15, 0.2) is 0 Å². The fraction of sp³-hybridized carbons (Fsp3) is 1.00. The molecule has 1 unspecified atom stereocenters. The van der Waals surface area contributed by atoms with E-state index in [1.807, 2.05) is 0 Å². The molecule has 9 heavy (non-hydrogen) atoms. The summed E-state index contributed by atoms with van der Waals surface area (Å²) in [6.45, 7) is 4.08. The Bertz CT molecular complexity index is 136. The molecule has 0 radical (unpaired) electrons. The SMILES string of the molecule is CCP(=O)([O-])C(C)(C)O. The van der Waals surface area contributed by atoms with Gasteiger partial charge in [-0.1, -0.05) is 6.92 Å². The summed E-state index contributed by atoms with van der Waals surface area (Å²) in [7, 11) is -3.55. The highest BCUT2D eigenvalue weighted by Crippen LogP contribution is 2.47. The lowest BCUT2D eigenvalue weighted by Gasteiger charge is -2.33. The van der Waals surface area contributed by atoms with Crippen LogP contribution in [-0.4, -0.2) is 16.6 Å². The summed E-state index contributed by atoms with van der Waals surface area (Å²) >= 11 is 0. The summed E-state index contributed by atoms with van der Waals surface area (Å²) in [6.07, 6.45) is 0.0104. The van der Waals surface area contributed by atoms with Crippen molar-refractivity contribution in [1.29, 1.82) is 0 Å². The minimum Gasteiger partial charge on any atom is -0.797 e. The molecule has 0 saturated heterocycles. The van der Waals surface area contributed by atoms with Crippen molar-refractivity contribution in [2.45, 2.75) is 26.1 Å². The van der Waals surface area contributed by atoms with E-state index < -0.39 is 12.7 Å². The lowest BCUT2D eigenvalue weighted by Crippen LogP contribution is -2.27. The molecule has 0 aliphatic carbocycles. The monoisotopic (exact) mass is 151 g/mol. The third-order valence-corrected chi connectivity index (χ3v) is 3.75. The van der Waals surface area contributed by atoms with Gasteiger partial charge in [-0.15, -0.1) is 0 Å². The Morgan fingerprint density at radius 2 is 2.00 bits per heavy atom. The minimum atomic E-state index is -3.55. The molecule has 3 nitrogen and oxygen atoms in total. The van der Waals surface area contributed by atoms with Crippen LogP contribution in [0.2, 0.25) is 0 Å². The fourth-order valence-electron chi connectivity index (χ4n) is 0.387. The first-order valence-electron chi connectivity index (χ1n) is 2.84. The fourth-order valence-corrected chi connectivity index (χ4v) is 1.16. The molecule has 0 aliphatic rings. The standard InChI is InChI=1S/C5H13O3P/c1-4-9(7,8)5(2,3)6/h6H,4H2,1-3H3,(H,7,8)/p-1. The summed E-state index contributed by atoms with van der Waals surface area (Å²) < 4.78 is 10.8. The van der Waals surface area contributed by atoms with Gasteiger partial charge in [0.2, 0.25) is 0 Å². The highest BCUT2D eigenvalue weighted by molar-refractivity contribution is 7.57. The van der Waals surface area contributed by atoms with Crippen LogP contribution in [0.1, 0.15) is 20.8 Å². The molecule has 0 rings (SSSR count). The van der Waals surface area contributed by atoms with Crippen molar-refractivity contribution in [3.8, 4) is 0 Å². The zero-order valence-electron chi connectivity index (χ0n) is 5.92. The van der Waals surface area contributed by atoms with Crippen LogP contribution in [-0.2, 0) is 4.57 Å². The smallest absolute Gasteiger partial charge is 0.0990 e. The van der Waals surface area contributed by atoms with Crippen LogP contribution in [0.5, 0.6) is 0 Å². The number of aliphatic hydroxyl groups is 1. The van der Waals surface area contributed by atoms with Crippen LogP contribution < -0.4 is 4.89 Å². The zero-order valence-corrected chi connectivity index (χ0v) is 6.81. The molecule has 0 spiro atoms. The summed E-state index contributed by atoms with van der Waals surface area (Å²) in [5.74, 6) is 0. The Balaban J connectivity index is 4.35. The normalized spacial score (nSPS) is 19.2. The number of rotatable bonds is 2. The first-order valence-corrected chi connectivity index (χ1v) is 4.65. The Morgan fingerprint density at radius 3 is 2.00 bits per heavy atom. The molecular formula is C5H12O3P-. The third kappa shape index (κ3) is 2.09. The predicted molar refractivity (Wildman–Crippen MR) is 34.4 cm³/mol. The molecule has 56 valence electrons. The number of hydrogen-bond acceptors (Lipinski definition) is 3. The van der Waals surface area contributed by atoms with Crippen molar-refractivity contribution in [2.24, 2.45) is 0 Å². The van der Waals surface area contributed by atoms with Crippen LogP contribution in [0.25, 0.3) is 0 Å². The topological polar surface area (TPSA) is 60.4 Å². The molecular weight excluding hydrogens is 139 g/mol. The van der Waals surface area contributed by atoms with Gasteiger partial charge in [-0.05, 0) is 20.0 Å². The molecule has 0 heterocycles. The molecule has 0 amide bonds. The van der Waals surface area contributed by atoms with Crippen molar-refractivity contribution in [1.82, 2.24) is 0 Å². The Hall–Kier alpha value is 0.150. The summed E-state index contributed by atoms with van der Waals surface area (Å²) in [5.41, 5.74) is 0. The lowest BCUT2D eigenvalue weighted by atomic mass is 10.5. The first kappa shape index (κ1) is 9.15. The van der Waals surface area contributed by atoms with Crippen LogP contribution in [0.3, 0.4) is 0 Å². The molecule has 0 saturated carbocycles. The van der Waals surface area contributed by atoms with Gasteiger partial charge in [0.1, 0.15) is 0 Å². The molecule has 4 heteroatoms. The second kappa shape index (κ2) is 2.41. The van der Waals surface area contributed by atoms with Crippen molar-refractivity contribution in [2.75, 3.05) is 6.16 Å². The first-order chi connectivity index (χ1) is 3.81. The largest absolute Gasteiger partial charge is 0.797 e. The summed E-state index contributed by atoms with van der Waals surface area (Å²) in [5, 5.41) is 7.42. The van der Waals surface area contributed by atoms with Gasteiger partial charge in [0.05, 0.1) is 5.34 Å². The average Bonchev–Trinajstić information content (AvgIpc) is 1.64. The van der Waals surface area contributed by atoms with Crippen LogP contribution in [0, 0.1) is 0 Å². The van der Waals surface area contributed by atoms with E-state index in [0.29, 0.717) is 0 Å². The van der Waals surface area contributed by atoms with E-state index in [1.54, 1.807) is 0 Å². The van der Waals surface area contributed by atoms with Crippen molar-refractivity contribution in [3.63, 3.8) is 0 Å². The molecule has 0 aromatic heterocycles. The van der Waals surface area contributed by atoms with E-state index >= 15 is 0 Å². The highest BCUT2D eigenvalue weighted by Gasteiger charge is 2.25. The maximum atomic E-state index is 10.8. The molecule has 0 fully saturated rings. The lowest BCUT2D eigenvalue weighted by molar-refractivity contribution is -0.188. The predicted octanol–water partition coefficient (Wildman–Crippen LogP) is 0.373. The Kier molecular flexibility index (Phi) is 2.45. The van der Waals surface area contributed by atoms with E-state index in [2.05, 4.69) is 0 Å². The van der Waals surface area contributed by atoms with Gasteiger partial charge in [0.25, 0.3) is 0 Å². The summed E-state index contributed by atoms with van der Waals surface area (Å²) in [6, 6.07) is 0. The van der Waals surface area contributed by atoms with E-state index in [1.165, 1.54) is 20.8 Å². The second-order valence-electron chi connectivity index (χ2n) is 2.48.